The van der Waals surface area contributed by atoms with Crippen molar-refractivity contribution in [2.45, 2.75) is 45.7 Å². The van der Waals surface area contributed by atoms with Gasteiger partial charge in [0.2, 0.25) is 5.95 Å². The van der Waals surface area contributed by atoms with Gasteiger partial charge in [-0.2, -0.15) is 0 Å². The molecule has 2 rings (SSSR count). The predicted octanol–water partition coefficient (Wildman–Crippen LogP) is 1.67. The molecule has 0 bridgehead atoms. The molecule has 0 spiro atoms. The SMILES string of the molecule is CCOCCCn1cc(CC)nc1N1CCC(NC)C1. The number of imidazole rings is 1. The predicted molar refractivity (Wildman–Crippen MR) is 82.4 cm³/mol. The molecule has 1 aliphatic rings. The lowest BCUT2D eigenvalue weighted by Crippen LogP contribution is -2.30. The third kappa shape index (κ3) is 3.73. The summed E-state index contributed by atoms with van der Waals surface area (Å²) in [5.74, 6) is 1.14. The maximum atomic E-state index is 5.43. The first kappa shape index (κ1) is 15.3. The molecule has 0 aromatic carbocycles. The van der Waals surface area contributed by atoms with Crippen LogP contribution in [-0.4, -0.2) is 48.9 Å². The zero-order valence-corrected chi connectivity index (χ0v) is 13.1. The van der Waals surface area contributed by atoms with Crippen molar-refractivity contribution in [3.63, 3.8) is 0 Å². The second kappa shape index (κ2) is 7.64. The minimum Gasteiger partial charge on any atom is -0.382 e. The van der Waals surface area contributed by atoms with Gasteiger partial charge in [-0.1, -0.05) is 6.92 Å². The number of hydrogen-bond donors (Lipinski definition) is 1. The fourth-order valence-corrected chi connectivity index (χ4v) is 2.71. The quantitative estimate of drug-likeness (QED) is 0.736. The highest BCUT2D eigenvalue weighted by Gasteiger charge is 2.24. The van der Waals surface area contributed by atoms with Crippen LogP contribution in [0.2, 0.25) is 0 Å². The van der Waals surface area contributed by atoms with Crippen LogP contribution in [0, 0.1) is 0 Å². The summed E-state index contributed by atoms with van der Waals surface area (Å²) in [4.78, 5) is 7.20. The fraction of sp³-hybridized carbons (Fsp3) is 0.800. The third-order valence-electron chi connectivity index (χ3n) is 3.94. The molecule has 1 saturated heterocycles. The van der Waals surface area contributed by atoms with Crippen LogP contribution in [0.15, 0.2) is 6.20 Å². The molecule has 114 valence electrons. The van der Waals surface area contributed by atoms with Crippen LogP contribution < -0.4 is 10.2 Å². The van der Waals surface area contributed by atoms with Crippen molar-refractivity contribution in [3.8, 4) is 0 Å². The highest BCUT2D eigenvalue weighted by molar-refractivity contribution is 5.36. The van der Waals surface area contributed by atoms with Gasteiger partial charge in [0.05, 0.1) is 5.69 Å². The Labute approximate surface area is 122 Å². The van der Waals surface area contributed by atoms with E-state index in [9.17, 15) is 0 Å². The summed E-state index contributed by atoms with van der Waals surface area (Å²) < 4.78 is 7.73. The molecule has 1 fully saturated rings. The largest absolute Gasteiger partial charge is 0.382 e. The molecule has 0 radical (unpaired) electrons. The molecule has 1 N–H and O–H groups in total. The van der Waals surface area contributed by atoms with Crippen LogP contribution >= 0.6 is 0 Å². The standard InChI is InChI=1S/C15H28N4O/c1-4-13-11-18(8-6-10-20-5-2)15(17-13)19-9-7-14(12-19)16-3/h11,14,16H,4-10,12H2,1-3H3. The highest BCUT2D eigenvalue weighted by atomic mass is 16.5. The Kier molecular flexibility index (Phi) is 5.86. The van der Waals surface area contributed by atoms with Crippen molar-refractivity contribution in [1.82, 2.24) is 14.9 Å². The normalized spacial score (nSPS) is 18.9. The zero-order chi connectivity index (χ0) is 14.4. The minimum absolute atomic E-state index is 0.591. The van der Waals surface area contributed by atoms with E-state index in [0.29, 0.717) is 6.04 Å². The van der Waals surface area contributed by atoms with Crippen LogP contribution in [0.4, 0.5) is 5.95 Å². The van der Waals surface area contributed by atoms with Gasteiger partial charge in [-0.25, -0.2) is 4.98 Å². The van der Waals surface area contributed by atoms with E-state index in [1.807, 2.05) is 14.0 Å². The number of nitrogens with zero attached hydrogens (tertiary/aromatic N) is 3. The second-order valence-electron chi connectivity index (χ2n) is 5.35. The van der Waals surface area contributed by atoms with Crippen molar-refractivity contribution in [1.29, 1.82) is 0 Å². The molecule has 1 aliphatic heterocycles. The van der Waals surface area contributed by atoms with Crippen molar-refractivity contribution >= 4 is 5.95 Å². The number of rotatable bonds is 8. The average Bonchev–Trinajstić information content (AvgIpc) is 3.09. The number of ether oxygens (including phenoxy) is 1. The Bertz CT molecular complexity index is 405. The van der Waals surface area contributed by atoms with Crippen molar-refractivity contribution in [3.05, 3.63) is 11.9 Å². The van der Waals surface area contributed by atoms with E-state index >= 15 is 0 Å². The molecular formula is C15H28N4O. The Hall–Kier alpha value is -1.07. The van der Waals surface area contributed by atoms with Gasteiger partial charge in [-0.15, -0.1) is 0 Å². The molecule has 1 aromatic heterocycles. The summed E-state index contributed by atoms with van der Waals surface area (Å²) in [5, 5.41) is 3.37. The zero-order valence-electron chi connectivity index (χ0n) is 13.1. The van der Waals surface area contributed by atoms with E-state index in [4.69, 9.17) is 9.72 Å². The maximum Gasteiger partial charge on any atom is 0.205 e. The smallest absolute Gasteiger partial charge is 0.205 e. The van der Waals surface area contributed by atoms with Gasteiger partial charge in [0.15, 0.2) is 0 Å². The summed E-state index contributed by atoms with van der Waals surface area (Å²) in [6.07, 6.45) is 5.44. The first-order chi connectivity index (χ1) is 9.78. The summed E-state index contributed by atoms with van der Waals surface area (Å²) in [6.45, 7) is 8.97. The number of nitrogens with one attached hydrogen (secondary N) is 1. The highest BCUT2D eigenvalue weighted by Crippen LogP contribution is 2.21. The van der Waals surface area contributed by atoms with Crippen molar-refractivity contribution in [2.75, 3.05) is 38.3 Å². The molecule has 0 amide bonds. The van der Waals surface area contributed by atoms with E-state index in [0.717, 1.165) is 51.6 Å². The number of likely N-dealkylation sites (N-methyl/N-ethyl adjacent to an activating group) is 1. The number of hydrogen-bond acceptors (Lipinski definition) is 4. The molecular weight excluding hydrogens is 252 g/mol. The van der Waals surface area contributed by atoms with Gasteiger partial charge in [-0.05, 0) is 33.2 Å². The molecule has 0 saturated carbocycles. The molecule has 1 atom stereocenters. The number of anilines is 1. The summed E-state index contributed by atoms with van der Waals surface area (Å²) >= 11 is 0. The lowest BCUT2D eigenvalue weighted by molar-refractivity contribution is 0.141. The minimum atomic E-state index is 0.591. The summed E-state index contributed by atoms with van der Waals surface area (Å²) in [7, 11) is 2.04. The van der Waals surface area contributed by atoms with E-state index in [1.165, 1.54) is 12.1 Å². The molecule has 5 nitrogen and oxygen atoms in total. The molecule has 5 heteroatoms. The maximum absolute atomic E-state index is 5.43. The lowest BCUT2D eigenvalue weighted by atomic mass is 10.3. The van der Waals surface area contributed by atoms with Crippen LogP contribution in [0.1, 0.15) is 32.4 Å². The van der Waals surface area contributed by atoms with Crippen LogP contribution in [0.5, 0.6) is 0 Å². The summed E-state index contributed by atoms with van der Waals surface area (Å²) in [6, 6.07) is 0.591. The first-order valence-corrected chi connectivity index (χ1v) is 7.84. The van der Waals surface area contributed by atoms with E-state index in [-0.39, 0.29) is 0 Å². The Balaban J connectivity index is 2.01. The molecule has 2 heterocycles. The van der Waals surface area contributed by atoms with Crippen LogP contribution in [0.3, 0.4) is 0 Å². The van der Waals surface area contributed by atoms with Crippen molar-refractivity contribution in [2.24, 2.45) is 0 Å². The fourth-order valence-electron chi connectivity index (χ4n) is 2.71. The molecule has 0 aliphatic carbocycles. The summed E-state index contributed by atoms with van der Waals surface area (Å²) in [5.41, 5.74) is 1.18. The van der Waals surface area contributed by atoms with Gasteiger partial charge in [0.25, 0.3) is 0 Å². The van der Waals surface area contributed by atoms with E-state index in [1.54, 1.807) is 0 Å². The number of aromatic nitrogens is 2. The second-order valence-corrected chi connectivity index (χ2v) is 5.35. The van der Waals surface area contributed by atoms with Gasteiger partial charge >= 0.3 is 0 Å². The van der Waals surface area contributed by atoms with Gasteiger partial charge in [-0.3, -0.25) is 0 Å². The van der Waals surface area contributed by atoms with Gasteiger partial charge in [0.1, 0.15) is 0 Å². The topological polar surface area (TPSA) is 42.3 Å². The van der Waals surface area contributed by atoms with Crippen LogP contribution in [-0.2, 0) is 17.7 Å². The van der Waals surface area contributed by atoms with Crippen molar-refractivity contribution < 1.29 is 4.74 Å². The first-order valence-electron chi connectivity index (χ1n) is 7.84. The van der Waals surface area contributed by atoms with Gasteiger partial charge in [0, 0.05) is 45.1 Å². The molecule has 1 unspecified atom stereocenters. The Morgan fingerprint density at radius 3 is 2.95 bits per heavy atom. The third-order valence-corrected chi connectivity index (χ3v) is 3.94. The van der Waals surface area contributed by atoms with Gasteiger partial charge < -0.3 is 19.5 Å². The molecule has 20 heavy (non-hydrogen) atoms. The van der Waals surface area contributed by atoms with Crippen LogP contribution in [0.25, 0.3) is 0 Å². The lowest BCUT2D eigenvalue weighted by Gasteiger charge is -2.19. The Morgan fingerprint density at radius 1 is 1.45 bits per heavy atom. The monoisotopic (exact) mass is 280 g/mol. The molecule has 1 aromatic rings. The van der Waals surface area contributed by atoms with E-state index < -0.39 is 0 Å². The van der Waals surface area contributed by atoms with E-state index in [2.05, 4.69) is 27.9 Å². The number of aryl methyl sites for hydroxylation is 2. The Morgan fingerprint density at radius 2 is 2.30 bits per heavy atom. The average molecular weight is 280 g/mol.